The van der Waals surface area contributed by atoms with Crippen molar-refractivity contribution in [2.75, 3.05) is 11.5 Å². The van der Waals surface area contributed by atoms with E-state index in [4.69, 9.17) is 9.47 Å². The highest BCUT2D eigenvalue weighted by Crippen LogP contribution is 2.45. The smallest absolute Gasteiger partial charge is 0.350 e. The van der Waals surface area contributed by atoms with Gasteiger partial charge in [-0.25, -0.2) is 9.78 Å². The summed E-state index contributed by atoms with van der Waals surface area (Å²) in [7, 11) is 0. The Balaban J connectivity index is 1.49. The number of aromatic nitrogens is 1. The number of benzene rings is 2. The topological polar surface area (TPSA) is 106 Å². The molecule has 40 heavy (non-hydrogen) atoms. The Morgan fingerprint density at radius 1 is 1.05 bits per heavy atom. The molecule has 1 aliphatic heterocycles. The number of hydrogen-bond acceptors (Lipinski definition) is 9. The molecule has 1 aliphatic rings. The van der Waals surface area contributed by atoms with E-state index in [-0.39, 0.29) is 27.9 Å². The molecule has 10 heteroatoms. The standard InChI is InChI=1S/C30H26N2O6S2/c1-4-37-29(36)27-18(3)31-30(40-27)32-24(22-10-7-15-39-22)23(26(34)28(32)35)25(33)19-11-13-21(14-12-19)38-16-20-9-6-5-8-17(20)2/h5-15,24,33H,4,16H2,1-3H3/b25-23+. The average molecular weight is 575 g/mol. The van der Waals surface area contributed by atoms with Crippen molar-refractivity contribution >= 4 is 51.2 Å². The van der Waals surface area contributed by atoms with Crippen molar-refractivity contribution in [1.29, 1.82) is 0 Å². The number of aryl methyl sites for hydroxylation is 2. The molecule has 0 bridgehead atoms. The fraction of sp³-hybridized carbons (Fsp3) is 0.200. The molecule has 1 N–H and O–H groups in total. The summed E-state index contributed by atoms with van der Waals surface area (Å²) in [6.45, 7) is 5.95. The van der Waals surface area contributed by atoms with Crippen LogP contribution in [-0.2, 0) is 20.9 Å². The molecular weight excluding hydrogens is 548 g/mol. The van der Waals surface area contributed by atoms with Gasteiger partial charge in [-0.1, -0.05) is 41.7 Å². The minimum absolute atomic E-state index is 0.0495. The van der Waals surface area contributed by atoms with Gasteiger partial charge in [-0.05, 0) is 67.6 Å². The number of esters is 1. The number of carbonyl (C=O) groups excluding carboxylic acids is 3. The van der Waals surface area contributed by atoms with Crippen LogP contribution in [-0.4, -0.2) is 34.4 Å². The zero-order valence-corrected chi connectivity index (χ0v) is 23.7. The normalized spacial score (nSPS) is 16.4. The number of anilines is 1. The van der Waals surface area contributed by atoms with Crippen LogP contribution in [0.3, 0.4) is 0 Å². The van der Waals surface area contributed by atoms with Gasteiger partial charge in [0, 0.05) is 10.4 Å². The Bertz CT molecular complexity index is 1610. The van der Waals surface area contributed by atoms with Gasteiger partial charge in [0.15, 0.2) is 5.13 Å². The van der Waals surface area contributed by atoms with Crippen LogP contribution in [0.25, 0.3) is 5.76 Å². The number of carbonyl (C=O) groups is 3. The van der Waals surface area contributed by atoms with Gasteiger partial charge in [-0.2, -0.15) is 0 Å². The molecule has 8 nitrogen and oxygen atoms in total. The molecule has 2 aromatic heterocycles. The highest BCUT2D eigenvalue weighted by Gasteiger charge is 2.49. The summed E-state index contributed by atoms with van der Waals surface area (Å²) in [5.74, 6) is -1.91. The Morgan fingerprint density at radius 2 is 1.80 bits per heavy atom. The van der Waals surface area contributed by atoms with Gasteiger partial charge >= 0.3 is 11.9 Å². The number of ketones is 1. The molecular formula is C30H26N2O6S2. The van der Waals surface area contributed by atoms with Crippen LogP contribution in [0.4, 0.5) is 5.13 Å². The van der Waals surface area contributed by atoms with Crippen LogP contribution in [0.2, 0.25) is 0 Å². The van der Waals surface area contributed by atoms with Crippen LogP contribution in [0, 0.1) is 13.8 Å². The van der Waals surface area contributed by atoms with Crippen molar-refractivity contribution in [3.05, 3.63) is 104 Å². The van der Waals surface area contributed by atoms with Crippen LogP contribution in [0.1, 0.15) is 49.9 Å². The highest BCUT2D eigenvalue weighted by molar-refractivity contribution is 7.18. The second-order valence-electron chi connectivity index (χ2n) is 9.06. The van der Waals surface area contributed by atoms with Crippen molar-refractivity contribution in [1.82, 2.24) is 4.98 Å². The molecule has 5 rings (SSSR count). The first kappa shape index (κ1) is 27.3. The van der Waals surface area contributed by atoms with E-state index in [1.807, 2.05) is 36.6 Å². The lowest BCUT2D eigenvalue weighted by Crippen LogP contribution is -2.29. The second-order valence-corrected chi connectivity index (χ2v) is 11.0. The summed E-state index contributed by atoms with van der Waals surface area (Å²) < 4.78 is 11.0. The lowest BCUT2D eigenvalue weighted by molar-refractivity contribution is -0.132. The molecule has 0 radical (unpaired) electrons. The Hall–Kier alpha value is -4.28. The minimum atomic E-state index is -0.905. The number of amides is 1. The Kier molecular flexibility index (Phi) is 7.81. The fourth-order valence-corrected chi connectivity index (χ4v) is 6.23. The number of aliphatic hydroxyl groups is 1. The van der Waals surface area contributed by atoms with Crippen molar-refractivity contribution in [3.8, 4) is 5.75 Å². The molecule has 204 valence electrons. The number of Topliss-reactive ketones (excluding diaryl/α,β-unsaturated/α-hetero) is 1. The van der Waals surface area contributed by atoms with Crippen LogP contribution < -0.4 is 9.64 Å². The zero-order chi connectivity index (χ0) is 28.4. The van der Waals surface area contributed by atoms with Gasteiger partial charge in [0.25, 0.3) is 5.78 Å². The number of ether oxygens (including phenoxy) is 2. The summed E-state index contributed by atoms with van der Waals surface area (Å²) in [6.07, 6.45) is 0. The van der Waals surface area contributed by atoms with E-state index < -0.39 is 23.7 Å². The third-order valence-electron chi connectivity index (χ3n) is 6.49. The van der Waals surface area contributed by atoms with E-state index >= 15 is 0 Å². The largest absolute Gasteiger partial charge is 0.507 e. The lowest BCUT2D eigenvalue weighted by Gasteiger charge is -2.21. The number of aliphatic hydroxyl groups excluding tert-OH is 1. The first-order valence-electron chi connectivity index (χ1n) is 12.6. The number of thiazole rings is 1. The number of thiophene rings is 1. The molecule has 1 atom stereocenters. The van der Waals surface area contributed by atoms with Crippen LogP contribution in [0.15, 0.2) is 71.6 Å². The maximum Gasteiger partial charge on any atom is 0.350 e. The number of rotatable bonds is 8. The maximum absolute atomic E-state index is 13.4. The molecule has 2 aromatic carbocycles. The molecule has 0 aliphatic carbocycles. The van der Waals surface area contributed by atoms with E-state index in [9.17, 15) is 19.5 Å². The third kappa shape index (κ3) is 5.15. The Morgan fingerprint density at radius 3 is 2.48 bits per heavy atom. The molecule has 0 saturated carbocycles. The summed E-state index contributed by atoms with van der Waals surface area (Å²) in [5.41, 5.74) is 2.90. The summed E-state index contributed by atoms with van der Waals surface area (Å²) in [5, 5.41) is 13.4. The monoisotopic (exact) mass is 574 g/mol. The van der Waals surface area contributed by atoms with Crippen molar-refractivity contribution in [3.63, 3.8) is 0 Å². The average Bonchev–Trinajstić information content (AvgIpc) is 3.67. The van der Waals surface area contributed by atoms with Crippen molar-refractivity contribution in [2.24, 2.45) is 0 Å². The van der Waals surface area contributed by atoms with Gasteiger partial charge < -0.3 is 14.6 Å². The van der Waals surface area contributed by atoms with Crippen LogP contribution >= 0.6 is 22.7 Å². The van der Waals surface area contributed by atoms with Gasteiger partial charge in [0.05, 0.1) is 17.9 Å². The summed E-state index contributed by atoms with van der Waals surface area (Å²) in [4.78, 5) is 45.7. The highest BCUT2D eigenvalue weighted by atomic mass is 32.1. The SMILES string of the molecule is CCOC(=O)c1sc(N2C(=O)C(=O)/C(=C(/O)c3ccc(OCc4ccccc4C)cc3)C2c2cccs2)nc1C. The first-order chi connectivity index (χ1) is 19.3. The van der Waals surface area contributed by atoms with E-state index in [0.717, 1.165) is 22.5 Å². The molecule has 0 spiro atoms. The molecule has 1 unspecified atom stereocenters. The molecule has 1 amide bonds. The third-order valence-corrected chi connectivity index (χ3v) is 8.55. The number of nitrogens with zero attached hydrogens (tertiary/aromatic N) is 2. The first-order valence-corrected chi connectivity index (χ1v) is 14.3. The predicted octanol–water partition coefficient (Wildman–Crippen LogP) is 6.20. The van der Waals surface area contributed by atoms with Gasteiger partial charge in [-0.15, -0.1) is 11.3 Å². The van der Waals surface area contributed by atoms with E-state index in [0.29, 0.717) is 28.5 Å². The van der Waals surface area contributed by atoms with E-state index in [2.05, 4.69) is 4.98 Å². The maximum atomic E-state index is 13.4. The van der Waals surface area contributed by atoms with Gasteiger partial charge in [-0.3, -0.25) is 14.5 Å². The fourth-order valence-electron chi connectivity index (χ4n) is 4.41. The quantitative estimate of drug-likeness (QED) is 0.116. The van der Waals surface area contributed by atoms with Gasteiger partial charge in [0.1, 0.15) is 29.0 Å². The molecule has 1 fully saturated rings. The Labute approximate surface area is 239 Å². The summed E-state index contributed by atoms with van der Waals surface area (Å²) >= 11 is 2.33. The van der Waals surface area contributed by atoms with Crippen molar-refractivity contribution < 1.29 is 29.0 Å². The predicted molar refractivity (Wildman–Crippen MR) is 154 cm³/mol. The molecule has 3 heterocycles. The van der Waals surface area contributed by atoms with E-state index in [1.54, 1.807) is 50.2 Å². The zero-order valence-electron chi connectivity index (χ0n) is 22.0. The van der Waals surface area contributed by atoms with Gasteiger partial charge in [0.2, 0.25) is 0 Å². The van der Waals surface area contributed by atoms with Crippen LogP contribution in [0.5, 0.6) is 5.75 Å². The summed E-state index contributed by atoms with van der Waals surface area (Å²) in [6, 6.07) is 17.3. The molecule has 4 aromatic rings. The lowest BCUT2D eigenvalue weighted by atomic mass is 10.00. The molecule has 1 saturated heterocycles. The van der Waals surface area contributed by atoms with E-state index in [1.165, 1.54) is 16.2 Å². The second kappa shape index (κ2) is 11.4. The number of hydrogen-bond donors (Lipinski definition) is 1. The van der Waals surface area contributed by atoms with Crippen molar-refractivity contribution in [2.45, 2.75) is 33.4 Å². The minimum Gasteiger partial charge on any atom is -0.507 e.